The summed E-state index contributed by atoms with van der Waals surface area (Å²) in [7, 11) is 0. The van der Waals surface area contributed by atoms with E-state index in [0.717, 1.165) is 4.90 Å². The Bertz CT molecular complexity index is 620. The fraction of sp³-hybridized carbons (Fsp3) is 0.133. The maximum absolute atomic E-state index is 13.5. The van der Waals surface area contributed by atoms with Gasteiger partial charge in [-0.05, 0) is 31.2 Å². The van der Waals surface area contributed by atoms with E-state index in [1.54, 1.807) is 25.1 Å². The van der Waals surface area contributed by atoms with E-state index in [1.807, 2.05) is 18.2 Å². The Morgan fingerprint density at radius 3 is 2.55 bits per heavy atom. The lowest BCUT2D eigenvalue weighted by molar-refractivity contribution is -0.115. The summed E-state index contributed by atoms with van der Waals surface area (Å²) in [5, 5.41) is 2.79. The zero-order valence-corrected chi connectivity index (χ0v) is 12.3. The molecule has 2 nitrogen and oxygen atoms in total. The minimum absolute atomic E-state index is 0.184. The highest BCUT2D eigenvalue weighted by Gasteiger charge is 2.16. The molecule has 0 radical (unpaired) electrons. The van der Waals surface area contributed by atoms with Gasteiger partial charge in [-0.25, -0.2) is 4.39 Å². The minimum Gasteiger partial charge on any atom is -0.323 e. The molecule has 0 spiro atoms. The zero-order chi connectivity index (χ0) is 14.5. The number of benzene rings is 2. The van der Waals surface area contributed by atoms with Gasteiger partial charge < -0.3 is 5.32 Å². The third-order valence-corrected chi connectivity index (χ3v) is 4.26. The molecular weight excluding hydrogens is 297 g/mol. The second kappa shape index (κ2) is 6.77. The Labute approximate surface area is 126 Å². The van der Waals surface area contributed by atoms with Crippen LogP contribution in [0.5, 0.6) is 0 Å². The number of amides is 1. The first kappa shape index (κ1) is 14.9. The molecule has 2 aromatic rings. The van der Waals surface area contributed by atoms with Crippen LogP contribution in [0.3, 0.4) is 0 Å². The standard InChI is InChI=1S/C15H13ClFNOS/c1-10(20-14-9-5-2-6-11(14)16)15(19)18-13-8-4-3-7-12(13)17/h2-10H,1H3,(H,18,19)/t10-/m0/s1. The van der Waals surface area contributed by atoms with Crippen LogP contribution >= 0.6 is 23.4 Å². The molecule has 1 amide bonds. The Hall–Kier alpha value is -1.52. The number of rotatable bonds is 4. The number of hydrogen-bond acceptors (Lipinski definition) is 2. The molecule has 20 heavy (non-hydrogen) atoms. The Morgan fingerprint density at radius 1 is 1.20 bits per heavy atom. The third kappa shape index (κ3) is 3.74. The van der Waals surface area contributed by atoms with Crippen LogP contribution in [-0.2, 0) is 4.79 Å². The van der Waals surface area contributed by atoms with Gasteiger partial charge >= 0.3 is 0 Å². The SMILES string of the molecule is C[C@H](Sc1ccccc1Cl)C(=O)Nc1ccccc1F. The molecule has 0 fully saturated rings. The second-order valence-electron chi connectivity index (χ2n) is 4.16. The van der Waals surface area contributed by atoms with Gasteiger partial charge in [0.15, 0.2) is 0 Å². The molecule has 0 aromatic heterocycles. The highest BCUT2D eigenvalue weighted by atomic mass is 35.5. The summed E-state index contributed by atoms with van der Waals surface area (Å²) in [6.45, 7) is 1.75. The topological polar surface area (TPSA) is 29.1 Å². The Kier molecular flexibility index (Phi) is 5.04. The van der Waals surface area contributed by atoms with E-state index in [1.165, 1.54) is 23.9 Å². The van der Waals surface area contributed by atoms with E-state index in [4.69, 9.17) is 11.6 Å². The molecule has 2 rings (SSSR count). The van der Waals surface area contributed by atoms with Crippen molar-refractivity contribution in [3.63, 3.8) is 0 Å². The highest BCUT2D eigenvalue weighted by molar-refractivity contribution is 8.00. The van der Waals surface area contributed by atoms with E-state index in [-0.39, 0.29) is 16.8 Å². The smallest absolute Gasteiger partial charge is 0.237 e. The van der Waals surface area contributed by atoms with Gasteiger partial charge in [-0.3, -0.25) is 4.79 Å². The van der Waals surface area contributed by atoms with Gasteiger partial charge in [0.2, 0.25) is 5.91 Å². The molecule has 5 heteroatoms. The van der Waals surface area contributed by atoms with Crippen molar-refractivity contribution in [1.82, 2.24) is 0 Å². The molecule has 2 aromatic carbocycles. The van der Waals surface area contributed by atoms with Gasteiger partial charge in [0.1, 0.15) is 5.82 Å². The van der Waals surface area contributed by atoms with Crippen molar-refractivity contribution in [2.75, 3.05) is 5.32 Å². The summed E-state index contributed by atoms with van der Waals surface area (Å²) in [5.41, 5.74) is 0.184. The summed E-state index contributed by atoms with van der Waals surface area (Å²) in [4.78, 5) is 12.9. The van der Waals surface area contributed by atoms with Gasteiger partial charge in [0.25, 0.3) is 0 Å². The number of carbonyl (C=O) groups excluding carboxylic acids is 1. The molecule has 0 heterocycles. The van der Waals surface area contributed by atoms with Crippen molar-refractivity contribution in [3.05, 3.63) is 59.4 Å². The number of carbonyl (C=O) groups is 1. The van der Waals surface area contributed by atoms with E-state index < -0.39 is 5.82 Å². The van der Waals surface area contributed by atoms with Crippen LogP contribution in [-0.4, -0.2) is 11.2 Å². The van der Waals surface area contributed by atoms with Crippen molar-refractivity contribution in [3.8, 4) is 0 Å². The van der Waals surface area contributed by atoms with Crippen LogP contribution in [0.1, 0.15) is 6.92 Å². The minimum atomic E-state index is -0.448. The van der Waals surface area contributed by atoms with Gasteiger partial charge in [-0.15, -0.1) is 11.8 Å². The first-order chi connectivity index (χ1) is 9.58. The second-order valence-corrected chi connectivity index (χ2v) is 5.95. The van der Waals surface area contributed by atoms with Crippen LogP contribution in [0.15, 0.2) is 53.4 Å². The van der Waals surface area contributed by atoms with Crippen molar-refractivity contribution < 1.29 is 9.18 Å². The largest absolute Gasteiger partial charge is 0.323 e. The van der Waals surface area contributed by atoms with Gasteiger partial charge in [-0.2, -0.15) is 0 Å². The van der Waals surface area contributed by atoms with Crippen LogP contribution in [0, 0.1) is 5.82 Å². The molecule has 0 aliphatic rings. The van der Waals surface area contributed by atoms with E-state index in [9.17, 15) is 9.18 Å². The molecule has 1 N–H and O–H groups in total. The van der Waals surface area contributed by atoms with E-state index >= 15 is 0 Å². The molecule has 0 bridgehead atoms. The molecular formula is C15H13ClFNOS. The van der Waals surface area contributed by atoms with Crippen LogP contribution < -0.4 is 5.32 Å². The van der Waals surface area contributed by atoms with Crippen molar-refractivity contribution in [1.29, 1.82) is 0 Å². The number of hydrogen-bond donors (Lipinski definition) is 1. The third-order valence-electron chi connectivity index (χ3n) is 2.64. The van der Waals surface area contributed by atoms with Crippen molar-refractivity contribution in [2.24, 2.45) is 0 Å². The molecule has 1 atom stereocenters. The molecule has 0 saturated heterocycles. The molecule has 0 saturated carbocycles. The zero-order valence-electron chi connectivity index (χ0n) is 10.8. The average molecular weight is 310 g/mol. The van der Waals surface area contributed by atoms with E-state index in [2.05, 4.69) is 5.32 Å². The summed E-state index contributed by atoms with van der Waals surface area (Å²) < 4.78 is 13.5. The maximum atomic E-state index is 13.5. The van der Waals surface area contributed by atoms with Crippen LogP contribution in [0.2, 0.25) is 5.02 Å². The fourth-order valence-corrected chi connectivity index (χ4v) is 2.74. The normalized spacial score (nSPS) is 11.9. The quantitative estimate of drug-likeness (QED) is 0.836. The fourth-order valence-electron chi connectivity index (χ4n) is 1.58. The molecule has 0 aliphatic heterocycles. The maximum Gasteiger partial charge on any atom is 0.237 e. The summed E-state index contributed by atoms with van der Waals surface area (Å²) in [6.07, 6.45) is 0. The number of anilines is 1. The molecule has 0 aliphatic carbocycles. The Balaban J connectivity index is 2.03. The predicted octanol–water partition coefficient (Wildman–Crippen LogP) is 4.60. The summed E-state index contributed by atoms with van der Waals surface area (Å²) >= 11 is 7.38. The van der Waals surface area contributed by atoms with Gasteiger partial charge in [0.05, 0.1) is 16.0 Å². The monoisotopic (exact) mass is 309 g/mol. The number of para-hydroxylation sites is 1. The predicted molar refractivity (Wildman–Crippen MR) is 81.8 cm³/mol. The van der Waals surface area contributed by atoms with Crippen LogP contribution in [0.25, 0.3) is 0 Å². The number of thioether (sulfide) groups is 1. The Morgan fingerprint density at radius 2 is 1.85 bits per heavy atom. The number of halogens is 2. The summed E-state index contributed by atoms with van der Waals surface area (Å²) in [5.74, 6) is -0.712. The van der Waals surface area contributed by atoms with Crippen LogP contribution in [0.4, 0.5) is 10.1 Å². The highest BCUT2D eigenvalue weighted by Crippen LogP contribution is 2.30. The molecule has 0 unspecified atom stereocenters. The number of nitrogens with one attached hydrogen (secondary N) is 1. The van der Waals surface area contributed by atoms with Gasteiger partial charge in [-0.1, -0.05) is 35.9 Å². The lowest BCUT2D eigenvalue weighted by atomic mass is 10.3. The average Bonchev–Trinajstić information content (AvgIpc) is 2.43. The molecule has 104 valence electrons. The first-order valence-electron chi connectivity index (χ1n) is 6.04. The van der Waals surface area contributed by atoms with Crippen molar-refractivity contribution >= 4 is 35.0 Å². The van der Waals surface area contributed by atoms with Gasteiger partial charge in [0, 0.05) is 4.90 Å². The van der Waals surface area contributed by atoms with E-state index in [0.29, 0.717) is 5.02 Å². The summed E-state index contributed by atoms with van der Waals surface area (Å²) in [6, 6.07) is 13.4. The van der Waals surface area contributed by atoms with Crippen molar-refractivity contribution in [2.45, 2.75) is 17.1 Å². The first-order valence-corrected chi connectivity index (χ1v) is 7.30. The lowest BCUT2D eigenvalue weighted by Crippen LogP contribution is -2.22. The lowest BCUT2D eigenvalue weighted by Gasteiger charge is -2.13.